The highest BCUT2D eigenvalue weighted by molar-refractivity contribution is 6.17. The summed E-state index contributed by atoms with van der Waals surface area (Å²) >= 11 is 11.5. The smallest absolute Gasteiger partial charge is 0.343 e. The molecule has 0 aromatic heterocycles. The Morgan fingerprint density at radius 2 is 0.481 bits per heavy atom. The van der Waals surface area contributed by atoms with Gasteiger partial charge in [0.2, 0.25) is 0 Å². The number of rotatable bonds is 35. The van der Waals surface area contributed by atoms with Crippen LogP contribution in [0.4, 0.5) is 0 Å². The molecule has 0 spiro atoms. The third-order valence-electron chi connectivity index (χ3n) is 14.5. The lowest BCUT2D eigenvalue weighted by Gasteiger charge is -2.09. The van der Waals surface area contributed by atoms with Gasteiger partial charge in [-0.3, -0.25) is 0 Å². The summed E-state index contributed by atoms with van der Waals surface area (Å²) in [6.45, 7) is 11.6. The van der Waals surface area contributed by atoms with Gasteiger partial charge in [0.1, 0.15) is 53.5 Å². The van der Waals surface area contributed by atoms with Gasteiger partial charge < -0.3 is 61.9 Å². The number of hydrogen-bond donors (Lipinski definition) is 1. The Morgan fingerprint density at radius 1 is 0.269 bits per heavy atom. The van der Waals surface area contributed by atoms with Gasteiger partial charge in [-0.05, 0) is 192 Å². The zero-order valence-electron chi connectivity index (χ0n) is 58.0. The zero-order valence-corrected chi connectivity index (χ0v) is 59.5. The number of ether oxygens (including phenoxy) is 12. The number of aromatic carboxylic acids is 1. The average molecular weight is 1510 g/mol. The number of carboxylic acids is 1. The normalized spacial score (nSPS) is 10.2. The molecule has 0 unspecified atom stereocenters. The van der Waals surface area contributed by atoms with Crippen molar-refractivity contribution in [1.29, 1.82) is 0 Å². The number of esters is 9. The van der Waals surface area contributed by atoms with Gasteiger partial charge in [-0.25, -0.2) is 47.9 Å². The Bertz CT molecular complexity index is 4240. The molecular formula is C83H72Cl2O23. The molecule has 9 aromatic carbocycles. The molecule has 0 bridgehead atoms. The van der Waals surface area contributed by atoms with Crippen molar-refractivity contribution >= 4 is 82.9 Å². The lowest BCUT2D eigenvalue weighted by molar-refractivity contribution is -0.138. The lowest BCUT2D eigenvalue weighted by atomic mass is 10.1. The molecule has 0 atom stereocenters. The maximum absolute atomic E-state index is 12.8. The van der Waals surface area contributed by atoms with E-state index in [1.807, 2.05) is 0 Å². The Balaban J connectivity index is 0.000000286. The molecule has 0 aliphatic carbocycles. The van der Waals surface area contributed by atoms with Gasteiger partial charge in [-0.2, -0.15) is 0 Å². The maximum Gasteiger partial charge on any atom is 0.343 e. The standard InChI is InChI=1S/C48H42O14.C22H16Cl2O4.C13H14O5/c1-3-43(49)57-29-5-27-55-39-19-15-35(16-20-39)45(51)59-31-33-7-11-37(12-8-33)47(53)61-41-23-25-42(26-24-41)62-48(54)38-13-9-34(10-14-38)32-60-46(52)36-17-21-40(22-18-36)56-28-6-30-58-44(50)4-2;23-13-15-1-5-17(6-2-15)21(25)27-19-9-11-20(12-10-19)28-22(26)18-7-3-16(14-24)4-8-18;1-2-12(14)18-9-3-8-17-11-6-4-10(5-7-11)13(15)16/h3-4,7-26H,1-2,5-6,27-32H2;1-12H,13-14H2;2,4-7H,1,3,8-9H2,(H,15,16). The molecule has 556 valence electrons. The zero-order chi connectivity index (χ0) is 77.4. The van der Waals surface area contributed by atoms with Crippen LogP contribution in [0.15, 0.2) is 256 Å². The van der Waals surface area contributed by atoms with Crippen LogP contribution in [0, 0.1) is 0 Å². The molecule has 0 radical (unpaired) electrons. The van der Waals surface area contributed by atoms with Gasteiger partial charge in [-0.15, -0.1) is 23.2 Å². The van der Waals surface area contributed by atoms with Crippen molar-refractivity contribution in [1.82, 2.24) is 0 Å². The number of carbonyl (C=O) groups excluding carboxylic acids is 9. The number of alkyl halides is 2. The first kappa shape index (κ1) is 82.2. The Morgan fingerprint density at radius 3 is 0.713 bits per heavy atom. The largest absolute Gasteiger partial charge is 0.493 e. The number of carbonyl (C=O) groups is 10. The number of carboxylic acid groups (broad SMARTS) is 1. The number of benzene rings is 9. The molecule has 0 heterocycles. The van der Waals surface area contributed by atoms with Gasteiger partial charge in [0.25, 0.3) is 0 Å². The second-order valence-electron chi connectivity index (χ2n) is 22.3. The monoisotopic (exact) mass is 1510 g/mol. The fraction of sp³-hybridized carbons (Fsp3) is 0.157. The van der Waals surface area contributed by atoms with Gasteiger partial charge in [-0.1, -0.05) is 68.3 Å². The first-order chi connectivity index (χ1) is 52.3. The minimum atomic E-state index is -0.974. The molecule has 0 aliphatic heterocycles. The molecule has 0 fully saturated rings. The molecule has 9 rings (SSSR count). The highest BCUT2D eigenvalue weighted by atomic mass is 35.5. The van der Waals surface area contributed by atoms with Crippen LogP contribution in [-0.4, -0.2) is 104 Å². The molecule has 0 saturated heterocycles. The van der Waals surface area contributed by atoms with Crippen molar-refractivity contribution in [3.05, 3.63) is 318 Å². The molecule has 9 aromatic rings. The maximum atomic E-state index is 12.8. The van der Waals surface area contributed by atoms with E-state index in [0.717, 1.165) is 29.4 Å². The predicted molar refractivity (Wildman–Crippen MR) is 396 cm³/mol. The lowest BCUT2D eigenvalue weighted by Crippen LogP contribution is -2.10. The summed E-state index contributed by atoms with van der Waals surface area (Å²) in [7, 11) is 0. The third-order valence-corrected chi connectivity index (χ3v) is 15.1. The van der Waals surface area contributed by atoms with Crippen molar-refractivity contribution < 1.29 is 110 Å². The van der Waals surface area contributed by atoms with Crippen LogP contribution < -0.4 is 33.2 Å². The van der Waals surface area contributed by atoms with Gasteiger partial charge in [0.05, 0.1) is 78.6 Å². The number of hydrogen-bond acceptors (Lipinski definition) is 22. The fourth-order valence-corrected chi connectivity index (χ4v) is 9.08. The Labute approximate surface area is 631 Å². The third kappa shape index (κ3) is 28.8. The summed E-state index contributed by atoms with van der Waals surface area (Å²) in [6.07, 6.45) is 4.84. The summed E-state index contributed by atoms with van der Waals surface area (Å²) in [5.41, 5.74) is 5.39. The van der Waals surface area contributed by atoms with Crippen molar-refractivity contribution in [3.8, 4) is 40.2 Å². The van der Waals surface area contributed by atoms with Crippen molar-refractivity contribution in [3.63, 3.8) is 0 Å². The predicted octanol–water partition coefficient (Wildman–Crippen LogP) is 15.3. The van der Waals surface area contributed by atoms with E-state index < -0.39 is 59.7 Å². The molecule has 0 saturated carbocycles. The van der Waals surface area contributed by atoms with Crippen LogP contribution in [0.2, 0.25) is 0 Å². The van der Waals surface area contributed by atoms with E-state index in [9.17, 15) is 47.9 Å². The average Bonchev–Trinajstić information content (AvgIpc) is 0.859. The van der Waals surface area contributed by atoms with Crippen LogP contribution in [0.1, 0.15) is 114 Å². The first-order valence-electron chi connectivity index (χ1n) is 33.0. The van der Waals surface area contributed by atoms with E-state index in [1.165, 1.54) is 36.4 Å². The van der Waals surface area contributed by atoms with Crippen LogP contribution in [0.3, 0.4) is 0 Å². The molecular weight excluding hydrogens is 1440 g/mol. The molecule has 0 amide bonds. The number of halogens is 2. The Hall–Kier alpha value is -13.1. The second-order valence-corrected chi connectivity index (χ2v) is 22.8. The Kier molecular flexibility index (Phi) is 33.9. The molecule has 23 nitrogen and oxygen atoms in total. The quantitative estimate of drug-likeness (QED) is 0.00963. The summed E-state index contributed by atoms with van der Waals surface area (Å²) in [4.78, 5) is 118. The minimum absolute atomic E-state index is 0.0225. The van der Waals surface area contributed by atoms with E-state index in [0.29, 0.717) is 113 Å². The first-order valence-corrected chi connectivity index (χ1v) is 34.1. The van der Waals surface area contributed by atoms with Crippen LogP contribution >= 0.6 is 23.2 Å². The molecule has 25 heteroatoms. The summed E-state index contributed by atoms with van der Waals surface area (Å²) in [5, 5.41) is 8.70. The second kappa shape index (κ2) is 44.5. The van der Waals surface area contributed by atoms with Crippen molar-refractivity contribution in [2.75, 3.05) is 39.6 Å². The highest BCUT2D eigenvalue weighted by Crippen LogP contribution is 2.24. The van der Waals surface area contributed by atoms with E-state index in [1.54, 1.807) is 182 Å². The fourth-order valence-electron chi connectivity index (χ4n) is 8.72. The summed E-state index contributed by atoms with van der Waals surface area (Å²) in [6, 6.07) is 57.6. The molecule has 108 heavy (non-hydrogen) atoms. The van der Waals surface area contributed by atoms with E-state index in [4.69, 9.17) is 85.2 Å². The van der Waals surface area contributed by atoms with Crippen molar-refractivity contribution in [2.24, 2.45) is 0 Å². The minimum Gasteiger partial charge on any atom is -0.493 e. The van der Waals surface area contributed by atoms with E-state index >= 15 is 0 Å². The topological polar surface area (TPSA) is 302 Å². The SMILES string of the molecule is C=CC(=O)OCCCOc1ccc(C(=O)O)cc1.C=CC(=O)OCCCOc1ccc(C(=O)OCc2ccc(C(=O)Oc3ccc(OC(=O)c4ccc(COC(=O)c5ccc(OCCCOC(=O)C=C)cc5)cc4)cc3)cc2)cc1.O=C(Oc1ccc(OC(=O)c2ccc(CCl)cc2)cc1)c1ccc(CCl)cc1. The van der Waals surface area contributed by atoms with Crippen molar-refractivity contribution in [2.45, 2.75) is 44.2 Å². The van der Waals surface area contributed by atoms with E-state index in [-0.39, 0.29) is 61.2 Å². The van der Waals surface area contributed by atoms with Crippen LogP contribution in [0.25, 0.3) is 0 Å². The highest BCUT2D eigenvalue weighted by Gasteiger charge is 2.17. The van der Waals surface area contributed by atoms with E-state index in [2.05, 4.69) is 19.7 Å². The summed E-state index contributed by atoms with van der Waals surface area (Å²) < 4.78 is 63.4. The van der Waals surface area contributed by atoms with Crippen LogP contribution in [0.5, 0.6) is 40.2 Å². The van der Waals surface area contributed by atoms with Crippen LogP contribution in [-0.2, 0) is 63.0 Å². The van der Waals surface area contributed by atoms with Gasteiger partial charge in [0.15, 0.2) is 0 Å². The summed E-state index contributed by atoms with van der Waals surface area (Å²) in [5.74, 6) is -2.12. The van der Waals surface area contributed by atoms with Gasteiger partial charge >= 0.3 is 59.7 Å². The van der Waals surface area contributed by atoms with Gasteiger partial charge in [0, 0.05) is 49.3 Å². The molecule has 0 aliphatic rings. The molecule has 1 N–H and O–H groups in total.